The van der Waals surface area contributed by atoms with Crippen molar-refractivity contribution in [3.63, 3.8) is 0 Å². The van der Waals surface area contributed by atoms with E-state index in [0.717, 1.165) is 25.8 Å². The van der Waals surface area contributed by atoms with Crippen molar-refractivity contribution in [2.75, 3.05) is 18.4 Å². The van der Waals surface area contributed by atoms with E-state index >= 15 is 0 Å². The molecular weight excluding hydrogens is 274 g/mol. The van der Waals surface area contributed by atoms with Gasteiger partial charge in [0.15, 0.2) is 0 Å². The molecule has 0 bridgehead atoms. The minimum Gasteiger partial charge on any atom is -0.384 e. The zero-order chi connectivity index (χ0) is 14.8. The van der Waals surface area contributed by atoms with Crippen molar-refractivity contribution in [3.05, 3.63) is 18.5 Å². The Morgan fingerprint density at radius 1 is 1.45 bits per heavy atom. The molecule has 1 aliphatic rings. The van der Waals surface area contributed by atoms with E-state index in [1.54, 1.807) is 16.6 Å². The second kappa shape index (κ2) is 5.69. The molecule has 0 aromatic carbocycles. The standard InChI is InChI=1S/C14H23N3O2S/c1-4-8-16-12-6-9-15-11-13(12)20(18,19)17-10-5-7-14(17,2)3/h6,9,11H,4-5,7-8,10H2,1-3H3,(H,15,16). The van der Waals surface area contributed by atoms with Gasteiger partial charge in [0.05, 0.1) is 5.69 Å². The van der Waals surface area contributed by atoms with Crippen molar-refractivity contribution in [2.45, 2.75) is 50.5 Å². The number of aromatic nitrogens is 1. The van der Waals surface area contributed by atoms with E-state index in [1.165, 1.54) is 6.20 Å². The first-order valence-corrected chi connectivity index (χ1v) is 8.54. The largest absolute Gasteiger partial charge is 0.384 e. The summed E-state index contributed by atoms with van der Waals surface area (Å²) in [6, 6.07) is 1.73. The van der Waals surface area contributed by atoms with Gasteiger partial charge in [-0.25, -0.2) is 8.42 Å². The predicted octanol–water partition coefficient (Wildman–Crippen LogP) is 2.47. The van der Waals surface area contributed by atoms with Gasteiger partial charge in [0.1, 0.15) is 4.90 Å². The molecule has 0 unspecified atom stereocenters. The molecule has 1 aromatic rings. The molecule has 0 spiro atoms. The van der Waals surface area contributed by atoms with Gasteiger partial charge in [-0.1, -0.05) is 6.92 Å². The van der Waals surface area contributed by atoms with Crippen molar-refractivity contribution >= 4 is 15.7 Å². The van der Waals surface area contributed by atoms with E-state index in [1.807, 2.05) is 20.8 Å². The van der Waals surface area contributed by atoms with Crippen LogP contribution in [0.5, 0.6) is 0 Å². The van der Waals surface area contributed by atoms with Gasteiger partial charge in [-0.2, -0.15) is 4.31 Å². The number of pyridine rings is 1. The predicted molar refractivity (Wildman–Crippen MR) is 80.2 cm³/mol. The molecular formula is C14H23N3O2S. The van der Waals surface area contributed by atoms with Crippen LogP contribution in [0.3, 0.4) is 0 Å². The maximum absolute atomic E-state index is 12.9. The van der Waals surface area contributed by atoms with E-state index in [4.69, 9.17) is 0 Å². The van der Waals surface area contributed by atoms with Crippen LogP contribution < -0.4 is 5.32 Å². The fourth-order valence-electron chi connectivity index (χ4n) is 2.64. The maximum atomic E-state index is 12.9. The number of hydrogen-bond donors (Lipinski definition) is 1. The lowest BCUT2D eigenvalue weighted by atomic mass is 10.0. The minimum absolute atomic E-state index is 0.281. The smallest absolute Gasteiger partial charge is 0.247 e. The second-order valence-electron chi connectivity index (χ2n) is 5.79. The number of nitrogens with one attached hydrogen (secondary N) is 1. The summed E-state index contributed by atoms with van der Waals surface area (Å²) >= 11 is 0. The lowest BCUT2D eigenvalue weighted by Crippen LogP contribution is -2.42. The van der Waals surface area contributed by atoms with Gasteiger partial charge in [0, 0.05) is 31.0 Å². The van der Waals surface area contributed by atoms with E-state index < -0.39 is 10.0 Å². The molecule has 1 aromatic heterocycles. The first-order valence-electron chi connectivity index (χ1n) is 7.10. The zero-order valence-electron chi connectivity index (χ0n) is 12.4. The van der Waals surface area contributed by atoms with Crippen LogP contribution >= 0.6 is 0 Å². The molecule has 0 atom stereocenters. The lowest BCUT2D eigenvalue weighted by Gasteiger charge is -2.31. The van der Waals surface area contributed by atoms with Crippen molar-refractivity contribution in [1.29, 1.82) is 0 Å². The van der Waals surface area contributed by atoms with Gasteiger partial charge in [-0.05, 0) is 39.2 Å². The van der Waals surface area contributed by atoms with Gasteiger partial charge in [-0.3, -0.25) is 4.98 Å². The summed E-state index contributed by atoms with van der Waals surface area (Å²) in [5, 5.41) is 3.17. The van der Waals surface area contributed by atoms with Crippen LogP contribution in [0.15, 0.2) is 23.4 Å². The summed E-state index contributed by atoms with van der Waals surface area (Å²) in [6.07, 6.45) is 5.80. The first-order chi connectivity index (χ1) is 9.39. The number of rotatable bonds is 5. The SMILES string of the molecule is CCCNc1ccncc1S(=O)(=O)N1CCCC1(C)C. The Bertz CT molecular complexity index is 570. The summed E-state index contributed by atoms with van der Waals surface area (Å²) < 4.78 is 27.4. The number of sulfonamides is 1. The third-order valence-corrected chi connectivity index (χ3v) is 5.88. The summed E-state index contributed by atoms with van der Waals surface area (Å²) in [4.78, 5) is 4.27. The lowest BCUT2D eigenvalue weighted by molar-refractivity contribution is 0.292. The van der Waals surface area contributed by atoms with Crippen LogP contribution in [0.4, 0.5) is 5.69 Å². The van der Waals surface area contributed by atoms with Crippen LogP contribution in [0.25, 0.3) is 0 Å². The van der Waals surface area contributed by atoms with Crippen LogP contribution in [0.2, 0.25) is 0 Å². The molecule has 1 fully saturated rings. The van der Waals surface area contributed by atoms with Crippen molar-refractivity contribution in [2.24, 2.45) is 0 Å². The second-order valence-corrected chi connectivity index (χ2v) is 7.62. The third-order valence-electron chi connectivity index (χ3n) is 3.74. The topological polar surface area (TPSA) is 62.3 Å². The van der Waals surface area contributed by atoms with Gasteiger partial charge in [-0.15, -0.1) is 0 Å². The fraction of sp³-hybridized carbons (Fsp3) is 0.643. The zero-order valence-corrected chi connectivity index (χ0v) is 13.2. The van der Waals surface area contributed by atoms with Gasteiger partial charge < -0.3 is 5.32 Å². The molecule has 0 radical (unpaired) electrons. The monoisotopic (exact) mass is 297 g/mol. The van der Waals surface area contributed by atoms with E-state index in [0.29, 0.717) is 12.2 Å². The van der Waals surface area contributed by atoms with Crippen LogP contribution in [-0.2, 0) is 10.0 Å². The summed E-state index contributed by atoms with van der Waals surface area (Å²) in [7, 11) is -3.50. The minimum atomic E-state index is -3.50. The van der Waals surface area contributed by atoms with Crippen molar-refractivity contribution < 1.29 is 8.42 Å². The molecule has 112 valence electrons. The highest BCUT2D eigenvalue weighted by Gasteiger charge is 2.41. The summed E-state index contributed by atoms with van der Waals surface area (Å²) in [6.45, 7) is 7.33. The van der Waals surface area contributed by atoms with Crippen molar-refractivity contribution in [3.8, 4) is 0 Å². The Labute approximate surface area is 121 Å². The molecule has 1 aliphatic heterocycles. The van der Waals surface area contributed by atoms with E-state index in [2.05, 4.69) is 10.3 Å². The number of anilines is 1. The first kappa shape index (κ1) is 15.3. The molecule has 5 nitrogen and oxygen atoms in total. The molecule has 0 aliphatic carbocycles. The molecule has 1 saturated heterocycles. The normalized spacial score (nSPS) is 19.1. The average Bonchev–Trinajstić information content (AvgIpc) is 2.77. The highest BCUT2D eigenvalue weighted by molar-refractivity contribution is 7.89. The average molecular weight is 297 g/mol. The van der Waals surface area contributed by atoms with Crippen LogP contribution in [-0.4, -0.2) is 36.3 Å². The number of nitrogens with zero attached hydrogens (tertiary/aromatic N) is 2. The Balaban J connectivity index is 2.39. The van der Waals surface area contributed by atoms with Crippen molar-refractivity contribution in [1.82, 2.24) is 9.29 Å². The Kier molecular flexibility index (Phi) is 4.34. The highest BCUT2D eigenvalue weighted by atomic mass is 32.2. The Morgan fingerprint density at radius 3 is 2.80 bits per heavy atom. The Hall–Kier alpha value is -1.14. The quantitative estimate of drug-likeness (QED) is 0.907. The van der Waals surface area contributed by atoms with Gasteiger partial charge in [0.25, 0.3) is 0 Å². The summed E-state index contributed by atoms with van der Waals surface area (Å²) in [5.74, 6) is 0. The number of hydrogen-bond acceptors (Lipinski definition) is 4. The Morgan fingerprint density at radius 2 is 2.20 bits per heavy atom. The molecule has 20 heavy (non-hydrogen) atoms. The maximum Gasteiger partial charge on any atom is 0.247 e. The molecule has 0 amide bonds. The molecule has 0 saturated carbocycles. The summed E-state index contributed by atoms with van der Waals surface area (Å²) in [5.41, 5.74) is 0.320. The van der Waals surface area contributed by atoms with Crippen LogP contribution in [0, 0.1) is 0 Å². The molecule has 6 heteroatoms. The molecule has 2 heterocycles. The molecule has 1 N–H and O–H groups in total. The van der Waals surface area contributed by atoms with E-state index in [-0.39, 0.29) is 10.4 Å². The highest BCUT2D eigenvalue weighted by Crippen LogP contribution is 2.35. The molecule has 2 rings (SSSR count). The fourth-order valence-corrected chi connectivity index (χ4v) is 4.60. The van der Waals surface area contributed by atoms with E-state index in [9.17, 15) is 8.42 Å². The van der Waals surface area contributed by atoms with Crippen LogP contribution in [0.1, 0.15) is 40.0 Å². The van der Waals surface area contributed by atoms with Gasteiger partial charge >= 0.3 is 0 Å². The third kappa shape index (κ3) is 2.81. The van der Waals surface area contributed by atoms with Gasteiger partial charge in [0.2, 0.25) is 10.0 Å².